The molecule has 0 saturated heterocycles. The summed E-state index contributed by atoms with van der Waals surface area (Å²) in [6.07, 6.45) is 0.965. The van der Waals surface area contributed by atoms with Crippen LogP contribution in [0, 0.1) is 0 Å². The van der Waals surface area contributed by atoms with Crippen LogP contribution in [0.3, 0.4) is 0 Å². The van der Waals surface area contributed by atoms with Crippen LogP contribution in [0.5, 0.6) is 0 Å². The molecule has 3 nitrogen and oxygen atoms in total. The average molecular weight is 235 g/mol. The van der Waals surface area contributed by atoms with E-state index in [2.05, 4.69) is 62.4 Å². The smallest absolute Gasteiger partial charge is 0.0340 e. The summed E-state index contributed by atoms with van der Waals surface area (Å²) in [6, 6.07) is 8.58. The van der Waals surface area contributed by atoms with Crippen LogP contribution in [0.25, 0.3) is 0 Å². The van der Waals surface area contributed by atoms with E-state index in [4.69, 9.17) is 5.73 Å². The van der Waals surface area contributed by atoms with Crippen molar-refractivity contribution in [3.05, 3.63) is 29.8 Å². The lowest BCUT2D eigenvalue weighted by atomic mass is 10.0. The average Bonchev–Trinajstić information content (AvgIpc) is 2.18. The molecule has 0 fully saturated rings. The molecule has 1 aromatic carbocycles. The fourth-order valence-electron chi connectivity index (χ4n) is 1.62. The Kier molecular flexibility index (Phi) is 4.97. The van der Waals surface area contributed by atoms with E-state index in [9.17, 15) is 0 Å². The van der Waals surface area contributed by atoms with Crippen LogP contribution in [-0.4, -0.2) is 31.1 Å². The Bertz CT molecular complexity index is 322. The molecule has 0 saturated carbocycles. The molecule has 0 bridgehead atoms. The molecule has 0 heterocycles. The van der Waals surface area contributed by atoms with E-state index in [1.807, 2.05) is 0 Å². The van der Waals surface area contributed by atoms with Gasteiger partial charge in [-0.15, -0.1) is 0 Å². The Morgan fingerprint density at radius 2 is 1.76 bits per heavy atom. The van der Waals surface area contributed by atoms with Gasteiger partial charge in [-0.1, -0.05) is 12.1 Å². The van der Waals surface area contributed by atoms with Gasteiger partial charge in [0.2, 0.25) is 0 Å². The largest absolute Gasteiger partial charge is 0.385 e. The Hall–Kier alpha value is -1.06. The zero-order chi connectivity index (χ0) is 12.9. The van der Waals surface area contributed by atoms with Crippen LogP contribution >= 0.6 is 0 Å². The fourth-order valence-corrected chi connectivity index (χ4v) is 1.62. The van der Waals surface area contributed by atoms with Gasteiger partial charge in [0.1, 0.15) is 0 Å². The van der Waals surface area contributed by atoms with Gasteiger partial charge in [-0.2, -0.15) is 0 Å². The van der Waals surface area contributed by atoms with E-state index in [0.717, 1.165) is 25.2 Å². The van der Waals surface area contributed by atoms with Gasteiger partial charge < -0.3 is 16.0 Å². The van der Waals surface area contributed by atoms with Crippen LogP contribution in [0.4, 0.5) is 5.69 Å². The number of anilines is 1. The van der Waals surface area contributed by atoms with Crippen molar-refractivity contribution in [1.82, 2.24) is 4.90 Å². The number of nitrogens with one attached hydrogen (secondary N) is 1. The van der Waals surface area contributed by atoms with Crippen molar-refractivity contribution in [2.45, 2.75) is 32.4 Å². The van der Waals surface area contributed by atoms with Crippen LogP contribution in [0.1, 0.15) is 25.8 Å². The zero-order valence-electron chi connectivity index (χ0n) is 11.5. The summed E-state index contributed by atoms with van der Waals surface area (Å²) in [7, 11) is 4.16. The van der Waals surface area contributed by atoms with E-state index in [0.29, 0.717) is 0 Å². The Morgan fingerprint density at radius 1 is 1.18 bits per heavy atom. The molecule has 0 atom stereocenters. The maximum Gasteiger partial charge on any atom is 0.0340 e. The minimum absolute atomic E-state index is 0.0993. The molecule has 0 spiro atoms. The first-order valence-electron chi connectivity index (χ1n) is 6.13. The van der Waals surface area contributed by atoms with Crippen LogP contribution in [-0.2, 0) is 6.54 Å². The molecular weight excluding hydrogens is 210 g/mol. The zero-order valence-corrected chi connectivity index (χ0v) is 11.5. The normalized spacial score (nSPS) is 11.9. The maximum absolute atomic E-state index is 5.93. The Balaban J connectivity index is 2.40. The summed E-state index contributed by atoms with van der Waals surface area (Å²) in [6.45, 7) is 6.00. The quantitative estimate of drug-likeness (QED) is 0.795. The van der Waals surface area contributed by atoms with Gasteiger partial charge in [0.25, 0.3) is 0 Å². The van der Waals surface area contributed by atoms with Gasteiger partial charge >= 0.3 is 0 Å². The summed E-state index contributed by atoms with van der Waals surface area (Å²) < 4.78 is 0. The molecule has 17 heavy (non-hydrogen) atoms. The van der Waals surface area contributed by atoms with Crippen molar-refractivity contribution in [3.63, 3.8) is 0 Å². The third kappa shape index (κ3) is 6.29. The summed E-state index contributed by atoms with van der Waals surface area (Å²) in [5.74, 6) is 0. The highest BCUT2D eigenvalue weighted by Gasteiger charge is 2.09. The summed E-state index contributed by atoms with van der Waals surface area (Å²) in [5.41, 5.74) is 8.33. The monoisotopic (exact) mass is 235 g/mol. The second kappa shape index (κ2) is 6.03. The minimum atomic E-state index is -0.0993. The second-order valence-corrected chi connectivity index (χ2v) is 5.60. The standard InChI is InChI=1S/C14H25N3/c1-14(2,15)9-10-16-13-7-5-12(6-8-13)11-17(3)4/h5-8,16H,9-11,15H2,1-4H3. The molecule has 0 amide bonds. The Morgan fingerprint density at radius 3 is 2.24 bits per heavy atom. The van der Waals surface area contributed by atoms with Crippen molar-refractivity contribution in [2.75, 3.05) is 26.0 Å². The molecule has 0 aliphatic heterocycles. The molecule has 96 valence electrons. The predicted octanol–water partition coefficient (Wildman–Crippen LogP) is 2.29. The number of benzene rings is 1. The molecule has 0 aliphatic rings. The first kappa shape index (κ1) is 14.0. The number of hydrogen-bond acceptors (Lipinski definition) is 3. The molecule has 1 aromatic rings. The predicted molar refractivity (Wildman–Crippen MR) is 75.2 cm³/mol. The van der Waals surface area contributed by atoms with Gasteiger partial charge in [0.05, 0.1) is 0 Å². The molecule has 0 unspecified atom stereocenters. The highest BCUT2D eigenvalue weighted by atomic mass is 15.0. The van der Waals surface area contributed by atoms with Gasteiger partial charge in [-0.3, -0.25) is 0 Å². The summed E-state index contributed by atoms with van der Waals surface area (Å²) in [4.78, 5) is 2.17. The van der Waals surface area contributed by atoms with E-state index in [-0.39, 0.29) is 5.54 Å². The molecule has 1 rings (SSSR count). The summed E-state index contributed by atoms with van der Waals surface area (Å²) >= 11 is 0. The van der Waals surface area contributed by atoms with Crippen molar-refractivity contribution in [1.29, 1.82) is 0 Å². The number of rotatable bonds is 6. The lowest BCUT2D eigenvalue weighted by molar-refractivity contribution is 0.402. The minimum Gasteiger partial charge on any atom is -0.385 e. The molecule has 0 aromatic heterocycles. The number of nitrogens with zero attached hydrogens (tertiary/aromatic N) is 1. The SMILES string of the molecule is CN(C)Cc1ccc(NCCC(C)(C)N)cc1. The highest BCUT2D eigenvalue weighted by Crippen LogP contribution is 2.11. The van der Waals surface area contributed by atoms with Crippen LogP contribution < -0.4 is 11.1 Å². The third-order valence-corrected chi connectivity index (χ3v) is 2.55. The Labute approximate surface area is 105 Å². The highest BCUT2D eigenvalue weighted by molar-refractivity contribution is 5.44. The van der Waals surface area contributed by atoms with Gasteiger partial charge in [0, 0.05) is 24.3 Å². The summed E-state index contributed by atoms with van der Waals surface area (Å²) in [5, 5.41) is 3.39. The van der Waals surface area contributed by atoms with Gasteiger partial charge in [0.15, 0.2) is 0 Å². The number of nitrogens with two attached hydrogens (primary N) is 1. The van der Waals surface area contributed by atoms with Crippen molar-refractivity contribution in [3.8, 4) is 0 Å². The first-order valence-corrected chi connectivity index (χ1v) is 6.13. The second-order valence-electron chi connectivity index (χ2n) is 5.60. The first-order chi connectivity index (χ1) is 7.87. The van der Waals surface area contributed by atoms with E-state index in [1.54, 1.807) is 0 Å². The van der Waals surface area contributed by atoms with Crippen molar-refractivity contribution < 1.29 is 0 Å². The molecule has 3 N–H and O–H groups in total. The van der Waals surface area contributed by atoms with E-state index >= 15 is 0 Å². The van der Waals surface area contributed by atoms with Crippen LogP contribution in [0.15, 0.2) is 24.3 Å². The van der Waals surface area contributed by atoms with Crippen molar-refractivity contribution in [2.24, 2.45) is 5.73 Å². The van der Waals surface area contributed by atoms with E-state index < -0.39 is 0 Å². The molecular formula is C14H25N3. The van der Waals surface area contributed by atoms with E-state index in [1.165, 1.54) is 5.56 Å². The molecule has 0 radical (unpaired) electrons. The lowest BCUT2D eigenvalue weighted by Gasteiger charge is -2.19. The fraction of sp³-hybridized carbons (Fsp3) is 0.571. The third-order valence-electron chi connectivity index (χ3n) is 2.55. The van der Waals surface area contributed by atoms with Crippen molar-refractivity contribution >= 4 is 5.69 Å². The van der Waals surface area contributed by atoms with Crippen LogP contribution in [0.2, 0.25) is 0 Å². The van der Waals surface area contributed by atoms with Gasteiger partial charge in [-0.05, 0) is 52.1 Å². The molecule has 0 aliphatic carbocycles. The lowest BCUT2D eigenvalue weighted by Crippen LogP contribution is -2.34. The molecule has 3 heteroatoms. The number of hydrogen-bond donors (Lipinski definition) is 2. The van der Waals surface area contributed by atoms with Gasteiger partial charge in [-0.25, -0.2) is 0 Å². The maximum atomic E-state index is 5.93. The topological polar surface area (TPSA) is 41.3 Å².